The number of carbonyl (C=O) groups is 1. The van der Waals surface area contributed by atoms with E-state index in [-0.39, 0.29) is 12.0 Å². The van der Waals surface area contributed by atoms with Crippen LogP contribution in [-0.2, 0) is 13.5 Å². The molecule has 4 aliphatic rings. The summed E-state index contributed by atoms with van der Waals surface area (Å²) in [5, 5.41) is 4.77. The number of amides is 1. The van der Waals surface area contributed by atoms with E-state index >= 15 is 0 Å². The number of hydrogen-bond acceptors (Lipinski definition) is 4. The van der Waals surface area contributed by atoms with Crippen LogP contribution in [0.2, 0.25) is 5.02 Å². The van der Waals surface area contributed by atoms with E-state index in [1.807, 2.05) is 44.7 Å². The topological polar surface area (TPSA) is 60.2 Å². The van der Waals surface area contributed by atoms with Gasteiger partial charge in [0.05, 0.1) is 22.5 Å². The van der Waals surface area contributed by atoms with Crippen LogP contribution in [0, 0.1) is 6.92 Å². The molecule has 6 heterocycles. The third-order valence-electron chi connectivity index (χ3n) is 7.23. The Morgan fingerprint density at radius 1 is 1.19 bits per heavy atom. The van der Waals surface area contributed by atoms with Crippen molar-refractivity contribution in [3.63, 3.8) is 0 Å². The van der Waals surface area contributed by atoms with Crippen LogP contribution in [0.15, 0.2) is 36.8 Å². The van der Waals surface area contributed by atoms with Crippen LogP contribution in [-0.4, -0.2) is 43.8 Å². The zero-order valence-corrected chi connectivity index (χ0v) is 19.0. The molecule has 0 saturated carbocycles. The van der Waals surface area contributed by atoms with E-state index in [0.29, 0.717) is 34.8 Å². The standard InChI is InChI=1S/C25H25ClN4O2/c1-14-16(7-15-3-6-22(27-11-15)17-12-28-29(2)13-17)8-21-24(23(14)26)32-20-9-18-4-5-19(10-20)30(18)25(21)31/h3,6,8,11-13,18-20H,4-5,7,9-10H2,1-2H3. The Kier molecular flexibility index (Phi) is 4.54. The van der Waals surface area contributed by atoms with Gasteiger partial charge in [0.1, 0.15) is 6.10 Å². The van der Waals surface area contributed by atoms with Gasteiger partial charge < -0.3 is 9.64 Å². The Balaban J connectivity index is 1.34. The molecule has 0 N–H and O–H groups in total. The van der Waals surface area contributed by atoms with Crippen molar-refractivity contribution in [3.8, 4) is 17.0 Å². The number of aromatic nitrogens is 3. The third-order valence-corrected chi connectivity index (χ3v) is 7.69. The zero-order chi connectivity index (χ0) is 22.0. The average molecular weight is 449 g/mol. The summed E-state index contributed by atoms with van der Waals surface area (Å²) in [4.78, 5) is 20.3. The molecule has 1 amide bonds. The highest BCUT2D eigenvalue weighted by Crippen LogP contribution is 2.45. The number of aryl methyl sites for hydroxylation is 1. The predicted molar refractivity (Wildman–Crippen MR) is 122 cm³/mol. The first kappa shape index (κ1) is 19.8. The second-order valence-electron chi connectivity index (χ2n) is 9.29. The number of ether oxygens (including phenoxy) is 1. The van der Waals surface area contributed by atoms with Crippen LogP contribution in [0.1, 0.15) is 52.7 Å². The van der Waals surface area contributed by atoms with Gasteiger partial charge in [0.25, 0.3) is 5.91 Å². The largest absolute Gasteiger partial charge is 0.488 e. The summed E-state index contributed by atoms with van der Waals surface area (Å²) in [6, 6.07) is 6.67. The van der Waals surface area contributed by atoms with E-state index in [9.17, 15) is 4.79 Å². The summed E-state index contributed by atoms with van der Waals surface area (Å²) >= 11 is 6.79. The maximum atomic E-state index is 13.5. The van der Waals surface area contributed by atoms with Crippen molar-refractivity contribution >= 4 is 17.5 Å². The second-order valence-corrected chi connectivity index (χ2v) is 9.67. The van der Waals surface area contributed by atoms with Crippen molar-refractivity contribution in [2.24, 2.45) is 7.05 Å². The van der Waals surface area contributed by atoms with Gasteiger partial charge in [0.2, 0.25) is 0 Å². The van der Waals surface area contributed by atoms with Crippen LogP contribution in [0.5, 0.6) is 5.75 Å². The molecule has 2 atom stereocenters. The summed E-state index contributed by atoms with van der Waals surface area (Å²) in [5.74, 6) is 0.635. The molecule has 2 fully saturated rings. The fraction of sp³-hybridized carbons (Fsp3) is 0.400. The lowest BCUT2D eigenvalue weighted by Crippen LogP contribution is -2.51. The predicted octanol–water partition coefficient (Wildman–Crippen LogP) is 4.56. The number of pyridine rings is 1. The van der Waals surface area contributed by atoms with Crippen molar-refractivity contribution in [2.75, 3.05) is 0 Å². The number of rotatable bonds is 3. The van der Waals surface area contributed by atoms with Crippen LogP contribution in [0.3, 0.4) is 0 Å². The number of piperidine rings is 1. The maximum absolute atomic E-state index is 13.5. The second kappa shape index (κ2) is 7.34. The molecule has 1 aromatic carbocycles. The highest BCUT2D eigenvalue weighted by Gasteiger charge is 2.47. The Morgan fingerprint density at radius 3 is 2.62 bits per heavy atom. The summed E-state index contributed by atoms with van der Waals surface area (Å²) in [7, 11) is 1.89. The molecule has 0 spiro atoms. The fourth-order valence-electron chi connectivity index (χ4n) is 5.57. The van der Waals surface area contributed by atoms with E-state index in [1.54, 1.807) is 4.68 Å². The third kappa shape index (κ3) is 3.12. The molecule has 7 rings (SSSR count). The van der Waals surface area contributed by atoms with Crippen LogP contribution < -0.4 is 4.74 Å². The normalized spacial score (nSPS) is 23.7. The summed E-state index contributed by atoms with van der Waals surface area (Å²) < 4.78 is 8.13. The number of hydrogen-bond donors (Lipinski definition) is 0. The van der Waals surface area contributed by atoms with Gasteiger partial charge in [-0.25, -0.2) is 0 Å². The Bertz CT molecular complexity index is 1210. The summed E-state index contributed by atoms with van der Waals surface area (Å²) in [5.41, 5.74) is 5.55. The van der Waals surface area contributed by atoms with Gasteiger partial charge in [0, 0.05) is 49.9 Å². The zero-order valence-electron chi connectivity index (χ0n) is 18.2. The van der Waals surface area contributed by atoms with Crippen molar-refractivity contribution in [2.45, 2.75) is 57.2 Å². The summed E-state index contributed by atoms with van der Waals surface area (Å²) in [6.07, 6.45) is 10.4. The smallest absolute Gasteiger partial charge is 0.258 e. The van der Waals surface area contributed by atoms with Crippen molar-refractivity contribution in [1.82, 2.24) is 19.7 Å². The number of nitrogens with zero attached hydrogens (tertiary/aromatic N) is 4. The molecule has 2 aromatic heterocycles. The molecule has 6 nitrogen and oxygen atoms in total. The van der Waals surface area contributed by atoms with E-state index < -0.39 is 0 Å². The number of halogens is 1. The lowest BCUT2D eigenvalue weighted by atomic mass is 9.93. The number of benzene rings is 1. The minimum absolute atomic E-state index is 0.0684. The van der Waals surface area contributed by atoms with Crippen LogP contribution >= 0.6 is 11.6 Å². The fourth-order valence-corrected chi connectivity index (χ4v) is 5.84. The van der Waals surface area contributed by atoms with Gasteiger partial charge in [-0.3, -0.25) is 14.5 Å². The summed E-state index contributed by atoms with van der Waals surface area (Å²) in [6.45, 7) is 2.00. The van der Waals surface area contributed by atoms with E-state index in [1.165, 1.54) is 0 Å². The molecular weight excluding hydrogens is 424 g/mol. The molecule has 0 radical (unpaired) electrons. The van der Waals surface area contributed by atoms with Crippen LogP contribution in [0.25, 0.3) is 11.3 Å². The highest BCUT2D eigenvalue weighted by molar-refractivity contribution is 6.33. The monoisotopic (exact) mass is 448 g/mol. The maximum Gasteiger partial charge on any atom is 0.258 e. The quantitative estimate of drug-likeness (QED) is 0.589. The first-order valence-electron chi connectivity index (χ1n) is 11.2. The van der Waals surface area contributed by atoms with Crippen molar-refractivity contribution in [3.05, 3.63) is 64.1 Å². The molecule has 2 unspecified atom stereocenters. The van der Waals surface area contributed by atoms with E-state index in [4.69, 9.17) is 16.3 Å². The van der Waals surface area contributed by atoms with Gasteiger partial charge in [-0.15, -0.1) is 0 Å². The minimum atomic E-state index is 0.0684. The van der Waals surface area contributed by atoms with Gasteiger partial charge >= 0.3 is 0 Å². The van der Waals surface area contributed by atoms with Gasteiger partial charge in [-0.1, -0.05) is 17.7 Å². The Morgan fingerprint density at radius 2 is 1.97 bits per heavy atom. The molecule has 32 heavy (non-hydrogen) atoms. The van der Waals surface area contributed by atoms with Crippen molar-refractivity contribution in [1.29, 1.82) is 0 Å². The lowest BCUT2D eigenvalue weighted by Gasteiger charge is -2.42. The van der Waals surface area contributed by atoms with Gasteiger partial charge in [-0.2, -0.15) is 5.10 Å². The molecular formula is C25H25ClN4O2. The molecule has 164 valence electrons. The SMILES string of the molecule is Cc1c(Cc2ccc(-c3cnn(C)c3)nc2)cc2c(c1Cl)OC1CC3CCC(C1)N3C2=O. The van der Waals surface area contributed by atoms with Crippen molar-refractivity contribution < 1.29 is 9.53 Å². The first-order chi connectivity index (χ1) is 15.5. The van der Waals surface area contributed by atoms with E-state index in [2.05, 4.69) is 21.0 Å². The Labute approximate surface area is 192 Å². The average Bonchev–Trinajstić information content (AvgIpc) is 3.32. The molecule has 2 saturated heterocycles. The van der Waals surface area contributed by atoms with E-state index in [0.717, 1.165) is 53.6 Å². The molecule has 4 bridgehead atoms. The first-order valence-corrected chi connectivity index (χ1v) is 11.6. The molecule has 4 aliphatic heterocycles. The molecule has 3 aromatic rings. The van der Waals surface area contributed by atoms with Gasteiger partial charge in [-0.05, 0) is 55.0 Å². The lowest BCUT2D eigenvalue weighted by molar-refractivity contribution is 0.0275. The number of carbonyl (C=O) groups excluding carboxylic acids is 1. The molecule has 7 heteroatoms. The van der Waals surface area contributed by atoms with Crippen LogP contribution in [0.4, 0.5) is 0 Å². The highest BCUT2D eigenvalue weighted by atomic mass is 35.5. The minimum Gasteiger partial charge on any atom is -0.488 e. The Hall–Kier alpha value is -2.86. The van der Waals surface area contributed by atoms with Gasteiger partial charge in [0.15, 0.2) is 5.75 Å². The molecule has 0 aliphatic carbocycles.